The molecular formula is C14H12N2O2. The molecule has 0 aliphatic carbocycles. The van der Waals surface area contributed by atoms with E-state index in [1.54, 1.807) is 12.1 Å². The smallest absolute Gasteiger partial charge is 0.337 e. The van der Waals surface area contributed by atoms with Crippen molar-refractivity contribution in [1.29, 1.82) is 5.26 Å². The molecule has 0 radical (unpaired) electrons. The summed E-state index contributed by atoms with van der Waals surface area (Å²) in [5.41, 5.74) is 0.781. The number of anilines is 1. The van der Waals surface area contributed by atoms with Crippen LogP contribution >= 0.6 is 0 Å². The lowest BCUT2D eigenvalue weighted by Gasteiger charge is -2.10. The molecule has 2 aromatic rings. The topological polar surface area (TPSA) is 73.1 Å². The fraction of sp³-hybridized carbons (Fsp3) is 0.143. The van der Waals surface area contributed by atoms with Gasteiger partial charge in [0.15, 0.2) is 0 Å². The van der Waals surface area contributed by atoms with Crippen LogP contribution in [-0.4, -0.2) is 17.6 Å². The van der Waals surface area contributed by atoms with Gasteiger partial charge in [-0.1, -0.05) is 24.3 Å². The van der Waals surface area contributed by atoms with Crippen molar-refractivity contribution in [2.75, 3.05) is 11.9 Å². The number of carboxylic acid groups (broad SMARTS) is 1. The average Bonchev–Trinajstić information content (AvgIpc) is 2.38. The Balaban J connectivity index is 2.45. The van der Waals surface area contributed by atoms with Crippen LogP contribution in [0.25, 0.3) is 10.8 Å². The number of nitriles is 1. The van der Waals surface area contributed by atoms with Crippen molar-refractivity contribution >= 4 is 22.4 Å². The number of fused-ring (bicyclic) bond motifs is 1. The first-order chi connectivity index (χ1) is 8.72. The minimum atomic E-state index is -0.972. The molecule has 90 valence electrons. The van der Waals surface area contributed by atoms with Gasteiger partial charge in [-0.05, 0) is 22.9 Å². The maximum atomic E-state index is 11.2. The molecule has 0 unspecified atom stereocenters. The van der Waals surface area contributed by atoms with Crippen molar-refractivity contribution in [3.05, 3.63) is 42.0 Å². The van der Waals surface area contributed by atoms with Gasteiger partial charge in [0.2, 0.25) is 0 Å². The summed E-state index contributed by atoms with van der Waals surface area (Å²) in [5.74, 6) is -0.972. The number of benzene rings is 2. The number of hydrogen-bond acceptors (Lipinski definition) is 3. The highest BCUT2D eigenvalue weighted by molar-refractivity contribution is 6.00. The highest BCUT2D eigenvalue weighted by atomic mass is 16.4. The molecule has 0 aromatic heterocycles. The molecule has 4 heteroatoms. The molecule has 0 fully saturated rings. The molecule has 2 aromatic carbocycles. The Morgan fingerprint density at radius 3 is 2.56 bits per heavy atom. The summed E-state index contributed by atoms with van der Waals surface area (Å²) in [7, 11) is 0. The lowest BCUT2D eigenvalue weighted by molar-refractivity contribution is 0.0698. The Bertz CT molecular complexity index is 629. The molecule has 4 nitrogen and oxygen atoms in total. The van der Waals surface area contributed by atoms with Gasteiger partial charge in [-0.15, -0.1) is 0 Å². The first-order valence-electron chi connectivity index (χ1n) is 5.59. The van der Waals surface area contributed by atoms with Gasteiger partial charge < -0.3 is 10.4 Å². The molecule has 0 aliphatic heterocycles. The number of nitrogens with zero attached hydrogens (tertiary/aromatic N) is 1. The molecule has 0 aliphatic rings. The molecular weight excluding hydrogens is 228 g/mol. The highest BCUT2D eigenvalue weighted by Crippen LogP contribution is 2.24. The second-order valence-electron chi connectivity index (χ2n) is 3.88. The van der Waals surface area contributed by atoms with E-state index in [2.05, 4.69) is 5.32 Å². The Morgan fingerprint density at radius 2 is 1.94 bits per heavy atom. The normalized spacial score (nSPS) is 9.94. The zero-order chi connectivity index (χ0) is 13.0. The summed E-state index contributed by atoms with van der Waals surface area (Å²) < 4.78 is 0. The predicted molar refractivity (Wildman–Crippen MR) is 69.6 cm³/mol. The molecule has 18 heavy (non-hydrogen) atoms. The van der Waals surface area contributed by atoms with E-state index in [9.17, 15) is 9.90 Å². The molecule has 0 saturated heterocycles. The third-order valence-corrected chi connectivity index (χ3v) is 2.67. The van der Waals surface area contributed by atoms with E-state index in [4.69, 9.17) is 5.26 Å². The van der Waals surface area contributed by atoms with Gasteiger partial charge in [-0.3, -0.25) is 0 Å². The standard InChI is InChI=1S/C14H12N2O2/c15-6-3-7-16-13-9-11-5-2-1-4-10(11)8-12(13)14(17)18/h1-2,4-5,8-9,16H,3,7H2,(H,17,18). The number of carbonyl (C=O) groups is 1. The summed E-state index contributed by atoms with van der Waals surface area (Å²) >= 11 is 0. The lowest BCUT2D eigenvalue weighted by Crippen LogP contribution is -2.07. The van der Waals surface area contributed by atoms with Gasteiger partial charge in [0.1, 0.15) is 0 Å². The largest absolute Gasteiger partial charge is 0.478 e. The average molecular weight is 240 g/mol. The van der Waals surface area contributed by atoms with Crippen molar-refractivity contribution in [3.63, 3.8) is 0 Å². The Labute approximate surface area is 104 Å². The van der Waals surface area contributed by atoms with Crippen LogP contribution in [-0.2, 0) is 0 Å². The van der Waals surface area contributed by atoms with E-state index in [1.165, 1.54) is 0 Å². The van der Waals surface area contributed by atoms with Gasteiger partial charge in [0, 0.05) is 12.2 Å². The van der Waals surface area contributed by atoms with Crippen molar-refractivity contribution < 1.29 is 9.90 Å². The van der Waals surface area contributed by atoms with Crippen LogP contribution in [0.5, 0.6) is 0 Å². The van der Waals surface area contributed by atoms with Crippen LogP contribution in [0.4, 0.5) is 5.69 Å². The van der Waals surface area contributed by atoms with Crippen LogP contribution in [0.2, 0.25) is 0 Å². The SMILES string of the molecule is N#CCCNc1cc2ccccc2cc1C(=O)O. The number of rotatable bonds is 4. The molecule has 0 saturated carbocycles. The van der Waals surface area contributed by atoms with Crippen molar-refractivity contribution in [2.45, 2.75) is 6.42 Å². The molecule has 2 rings (SSSR count). The first-order valence-corrected chi connectivity index (χ1v) is 5.59. The minimum absolute atomic E-state index is 0.228. The van der Waals surface area contributed by atoms with Gasteiger partial charge in [0.05, 0.1) is 18.1 Å². The Hall–Kier alpha value is -2.54. The van der Waals surface area contributed by atoms with Crippen LogP contribution in [0.15, 0.2) is 36.4 Å². The number of carboxylic acids is 1. The molecule has 0 bridgehead atoms. The maximum Gasteiger partial charge on any atom is 0.337 e. The maximum absolute atomic E-state index is 11.2. The number of hydrogen-bond donors (Lipinski definition) is 2. The van der Waals surface area contributed by atoms with E-state index >= 15 is 0 Å². The summed E-state index contributed by atoms with van der Waals surface area (Å²) in [4.78, 5) is 11.2. The van der Waals surface area contributed by atoms with E-state index in [0.717, 1.165) is 10.8 Å². The third-order valence-electron chi connectivity index (χ3n) is 2.67. The first kappa shape index (κ1) is 11.9. The predicted octanol–water partition coefficient (Wildman–Crippen LogP) is 2.86. The number of aromatic carboxylic acids is 1. The van der Waals surface area contributed by atoms with Gasteiger partial charge >= 0.3 is 5.97 Å². The number of nitrogens with one attached hydrogen (secondary N) is 1. The third kappa shape index (κ3) is 2.41. The Kier molecular flexibility index (Phi) is 3.44. The Morgan fingerprint density at radius 1 is 1.28 bits per heavy atom. The second-order valence-corrected chi connectivity index (χ2v) is 3.88. The van der Waals surface area contributed by atoms with Crippen molar-refractivity contribution in [3.8, 4) is 6.07 Å². The molecule has 2 N–H and O–H groups in total. The quantitative estimate of drug-likeness (QED) is 0.806. The summed E-state index contributed by atoms with van der Waals surface area (Å²) in [6.07, 6.45) is 0.339. The van der Waals surface area contributed by atoms with E-state index in [-0.39, 0.29) is 5.56 Å². The summed E-state index contributed by atoms with van der Waals surface area (Å²) in [6, 6.07) is 13.0. The molecule has 0 atom stereocenters. The fourth-order valence-corrected chi connectivity index (χ4v) is 1.82. The van der Waals surface area contributed by atoms with Crippen LogP contribution in [0.3, 0.4) is 0 Å². The second kappa shape index (κ2) is 5.19. The summed E-state index contributed by atoms with van der Waals surface area (Å²) in [6.45, 7) is 0.440. The van der Waals surface area contributed by atoms with Gasteiger partial charge in [0.25, 0.3) is 0 Å². The molecule has 0 heterocycles. The van der Waals surface area contributed by atoms with Gasteiger partial charge in [-0.2, -0.15) is 5.26 Å². The summed E-state index contributed by atoms with van der Waals surface area (Å²) in [5, 5.41) is 22.5. The van der Waals surface area contributed by atoms with Crippen LogP contribution in [0, 0.1) is 11.3 Å². The lowest BCUT2D eigenvalue weighted by atomic mass is 10.0. The highest BCUT2D eigenvalue weighted by Gasteiger charge is 2.10. The molecule has 0 amide bonds. The van der Waals surface area contributed by atoms with Crippen molar-refractivity contribution in [2.24, 2.45) is 0 Å². The van der Waals surface area contributed by atoms with Crippen molar-refractivity contribution in [1.82, 2.24) is 0 Å². The molecule has 0 spiro atoms. The van der Waals surface area contributed by atoms with Crippen LogP contribution in [0.1, 0.15) is 16.8 Å². The van der Waals surface area contributed by atoms with E-state index in [0.29, 0.717) is 18.7 Å². The minimum Gasteiger partial charge on any atom is -0.478 e. The van der Waals surface area contributed by atoms with E-state index < -0.39 is 5.97 Å². The van der Waals surface area contributed by atoms with Crippen LogP contribution < -0.4 is 5.32 Å². The zero-order valence-electron chi connectivity index (χ0n) is 9.68. The van der Waals surface area contributed by atoms with E-state index in [1.807, 2.05) is 30.3 Å². The monoisotopic (exact) mass is 240 g/mol. The zero-order valence-corrected chi connectivity index (χ0v) is 9.68. The fourth-order valence-electron chi connectivity index (χ4n) is 1.82. The van der Waals surface area contributed by atoms with Gasteiger partial charge in [-0.25, -0.2) is 4.79 Å².